The second kappa shape index (κ2) is 7.75. The lowest BCUT2D eigenvalue weighted by atomic mass is 9.74. The molecular formula is C25H20Cl2N4O2. The van der Waals surface area contributed by atoms with Gasteiger partial charge in [-0.2, -0.15) is 0 Å². The number of anilines is 2. The van der Waals surface area contributed by atoms with Gasteiger partial charge in [-0.05, 0) is 67.2 Å². The van der Waals surface area contributed by atoms with E-state index in [2.05, 4.69) is 4.85 Å². The first-order valence-corrected chi connectivity index (χ1v) is 11.1. The van der Waals surface area contributed by atoms with Crippen molar-refractivity contribution in [3.05, 3.63) is 99.8 Å². The molecule has 1 spiro atoms. The number of carbonyl (C=O) groups excluding carboxylic acids is 1. The molecule has 0 aromatic heterocycles. The van der Waals surface area contributed by atoms with Gasteiger partial charge in [0.25, 0.3) is 0 Å². The fraction of sp³-hybridized carbons (Fsp3) is 0.200. The Morgan fingerprint density at radius 1 is 0.909 bits per heavy atom. The van der Waals surface area contributed by atoms with Gasteiger partial charge in [-0.25, -0.2) is 9.64 Å². The zero-order valence-corrected chi connectivity index (χ0v) is 19.3. The fourth-order valence-corrected chi connectivity index (χ4v) is 5.27. The number of nitrogens with zero attached hydrogens (tertiary/aromatic N) is 4. The Kier molecular flexibility index (Phi) is 5.11. The highest BCUT2D eigenvalue weighted by Gasteiger charge is 2.72. The van der Waals surface area contributed by atoms with Crippen molar-refractivity contribution in [3.63, 3.8) is 0 Å². The van der Waals surface area contributed by atoms with E-state index in [1.54, 1.807) is 77.7 Å². The number of hydrogen-bond acceptors (Lipinski definition) is 3. The van der Waals surface area contributed by atoms with Gasteiger partial charge in [-0.1, -0.05) is 41.4 Å². The number of aliphatic hydroxyl groups is 1. The van der Waals surface area contributed by atoms with E-state index >= 15 is 0 Å². The van der Waals surface area contributed by atoms with Gasteiger partial charge in [0.05, 0.1) is 6.57 Å². The molecule has 0 radical (unpaired) electrons. The van der Waals surface area contributed by atoms with E-state index in [0.29, 0.717) is 45.8 Å². The van der Waals surface area contributed by atoms with Gasteiger partial charge in [0.15, 0.2) is 11.4 Å². The quantitative estimate of drug-likeness (QED) is 0.504. The van der Waals surface area contributed by atoms with Gasteiger partial charge in [0.1, 0.15) is 5.54 Å². The van der Waals surface area contributed by atoms with Crippen LogP contribution in [0.15, 0.2) is 72.8 Å². The zero-order valence-electron chi connectivity index (χ0n) is 17.7. The number of rotatable bonds is 3. The predicted molar refractivity (Wildman–Crippen MR) is 130 cm³/mol. The summed E-state index contributed by atoms with van der Waals surface area (Å²) < 4.78 is 0. The summed E-state index contributed by atoms with van der Waals surface area (Å²) in [5.74, 6) is 0. The lowest BCUT2D eigenvalue weighted by molar-refractivity contribution is -0.0830. The maximum atomic E-state index is 14.1. The van der Waals surface area contributed by atoms with Crippen molar-refractivity contribution in [1.82, 2.24) is 4.90 Å². The number of benzene rings is 3. The van der Waals surface area contributed by atoms with E-state index in [-0.39, 0.29) is 6.03 Å². The van der Waals surface area contributed by atoms with Gasteiger partial charge in [0, 0.05) is 34.5 Å². The molecule has 5 rings (SSSR count). The van der Waals surface area contributed by atoms with E-state index in [4.69, 9.17) is 29.8 Å². The summed E-state index contributed by atoms with van der Waals surface area (Å²) in [6, 6.07) is 20.3. The van der Waals surface area contributed by atoms with E-state index in [0.717, 1.165) is 0 Å². The molecule has 1 unspecified atom stereocenters. The van der Waals surface area contributed by atoms with Crippen LogP contribution in [0.25, 0.3) is 4.85 Å². The summed E-state index contributed by atoms with van der Waals surface area (Å²) in [7, 11) is 1.94. The smallest absolute Gasteiger partial charge is 0.332 e. The Hall–Kier alpha value is -3.08. The third kappa shape index (κ3) is 3.12. The van der Waals surface area contributed by atoms with Crippen LogP contribution in [-0.4, -0.2) is 41.7 Å². The standard InChI is InChI=1S/C25H20Cl2N4O2/c1-28-20-5-3-4-17(14-20)25(33)24(15-29(2)16-24)30(21-10-6-18(26)7-11-21)23(32)31(25)22-12-8-19(27)9-13-22/h3-14,33H,15-16H2,2H3. The monoisotopic (exact) mass is 478 g/mol. The summed E-state index contributed by atoms with van der Waals surface area (Å²) in [4.78, 5) is 22.7. The minimum atomic E-state index is -1.75. The normalized spacial score (nSPS) is 21.8. The van der Waals surface area contributed by atoms with Crippen LogP contribution >= 0.6 is 23.2 Å². The molecule has 2 aliphatic rings. The predicted octanol–water partition coefficient (Wildman–Crippen LogP) is 5.52. The van der Waals surface area contributed by atoms with Crippen LogP contribution in [0.5, 0.6) is 0 Å². The Morgan fingerprint density at radius 3 is 1.97 bits per heavy atom. The minimum absolute atomic E-state index is 0.372. The molecule has 2 heterocycles. The second-order valence-corrected chi connectivity index (χ2v) is 9.32. The van der Waals surface area contributed by atoms with Gasteiger partial charge >= 0.3 is 6.03 Å². The highest BCUT2D eigenvalue weighted by molar-refractivity contribution is 6.31. The SMILES string of the molecule is [C-]#[N+]c1cccc(C2(O)N(c3ccc(Cl)cc3)C(=O)N(c3ccc(Cl)cc3)C23CN(C)C3)c1. The zero-order chi connectivity index (χ0) is 23.4. The first kappa shape index (κ1) is 21.7. The minimum Gasteiger partial charge on any atom is -0.364 e. The second-order valence-electron chi connectivity index (χ2n) is 8.44. The van der Waals surface area contributed by atoms with Gasteiger partial charge in [-0.3, -0.25) is 9.80 Å². The molecule has 33 heavy (non-hydrogen) atoms. The van der Waals surface area contributed by atoms with Gasteiger partial charge in [0.2, 0.25) is 0 Å². The molecule has 2 saturated heterocycles. The first-order chi connectivity index (χ1) is 15.8. The number of amides is 2. The van der Waals surface area contributed by atoms with Crippen molar-refractivity contribution in [2.45, 2.75) is 11.3 Å². The number of urea groups is 1. The summed E-state index contributed by atoms with van der Waals surface area (Å²) in [6.45, 7) is 8.32. The third-order valence-electron chi connectivity index (χ3n) is 6.39. The molecule has 1 atom stereocenters. The van der Waals surface area contributed by atoms with Crippen molar-refractivity contribution in [3.8, 4) is 0 Å². The molecule has 0 bridgehead atoms. The highest BCUT2D eigenvalue weighted by Crippen LogP contribution is 2.54. The molecule has 0 saturated carbocycles. The molecule has 8 heteroatoms. The van der Waals surface area contributed by atoms with E-state index < -0.39 is 11.3 Å². The molecule has 3 aromatic carbocycles. The van der Waals surface area contributed by atoms with Gasteiger partial charge in [-0.15, -0.1) is 0 Å². The summed E-state index contributed by atoms with van der Waals surface area (Å²) >= 11 is 12.2. The van der Waals surface area contributed by atoms with Crippen molar-refractivity contribution < 1.29 is 9.90 Å². The first-order valence-electron chi connectivity index (χ1n) is 10.3. The average molecular weight is 479 g/mol. The molecule has 6 nitrogen and oxygen atoms in total. The van der Waals surface area contributed by atoms with Crippen LogP contribution in [0.4, 0.5) is 21.9 Å². The van der Waals surface area contributed by atoms with E-state index in [1.165, 1.54) is 4.90 Å². The summed E-state index contributed by atoms with van der Waals surface area (Å²) in [5.41, 5.74) is -0.738. The fourth-order valence-electron chi connectivity index (χ4n) is 5.02. The van der Waals surface area contributed by atoms with Gasteiger partial charge < -0.3 is 10.0 Å². The van der Waals surface area contributed by atoms with Crippen LogP contribution in [0.1, 0.15) is 5.56 Å². The number of likely N-dealkylation sites (N-methyl/N-ethyl adjacent to an activating group) is 1. The molecule has 0 aliphatic carbocycles. The van der Waals surface area contributed by atoms with Crippen molar-refractivity contribution in [1.29, 1.82) is 0 Å². The van der Waals surface area contributed by atoms with Crippen LogP contribution in [-0.2, 0) is 5.72 Å². The molecule has 2 amide bonds. The van der Waals surface area contributed by atoms with Crippen LogP contribution in [0.2, 0.25) is 10.0 Å². The molecule has 166 valence electrons. The van der Waals surface area contributed by atoms with E-state index in [9.17, 15) is 9.90 Å². The Balaban J connectivity index is 1.78. The van der Waals surface area contributed by atoms with Crippen molar-refractivity contribution >= 4 is 46.3 Å². The maximum absolute atomic E-state index is 14.1. The number of hydrogen-bond donors (Lipinski definition) is 1. The molecule has 2 fully saturated rings. The number of likely N-dealkylation sites (tertiary alicyclic amines) is 1. The van der Waals surface area contributed by atoms with Crippen molar-refractivity contribution in [2.75, 3.05) is 29.9 Å². The Morgan fingerprint density at radius 2 is 1.45 bits per heavy atom. The molecule has 2 aliphatic heterocycles. The lowest BCUT2D eigenvalue weighted by Gasteiger charge is -2.56. The Bertz CT molecular complexity index is 1270. The highest BCUT2D eigenvalue weighted by atomic mass is 35.5. The largest absolute Gasteiger partial charge is 0.364 e. The summed E-state index contributed by atoms with van der Waals surface area (Å²) in [6.07, 6.45) is 0. The van der Waals surface area contributed by atoms with Crippen LogP contribution in [0, 0.1) is 6.57 Å². The molecule has 1 N–H and O–H groups in total. The van der Waals surface area contributed by atoms with Crippen LogP contribution in [0.3, 0.4) is 0 Å². The maximum Gasteiger partial charge on any atom is 0.332 e. The topological polar surface area (TPSA) is 51.4 Å². The van der Waals surface area contributed by atoms with Crippen LogP contribution < -0.4 is 9.80 Å². The van der Waals surface area contributed by atoms with E-state index in [1.807, 2.05) is 11.9 Å². The lowest BCUT2D eigenvalue weighted by Crippen LogP contribution is -2.76. The van der Waals surface area contributed by atoms with Crippen molar-refractivity contribution in [2.24, 2.45) is 0 Å². The Labute approximate surface area is 202 Å². The number of halogens is 2. The molecular weight excluding hydrogens is 459 g/mol. The average Bonchev–Trinajstić information content (AvgIpc) is 3.00. The third-order valence-corrected chi connectivity index (χ3v) is 6.90. The molecule has 3 aromatic rings. The number of carbonyl (C=O) groups is 1. The summed E-state index contributed by atoms with van der Waals surface area (Å²) in [5, 5.41) is 13.7.